The smallest absolute Gasteiger partial charge is 0.270 e. The van der Waals surface area contributed by atoms with Crippen LogP contribution in [-0.2, 0) is 13.0 Å². The molecule has 0 spiro atoms. The van der Waals surface area contributed by atoms with Crippen LogP contribution in [0.2, 0.25) is 0 Å². The van der Waals surface area contributed by atoms with Gasteiger partial charge in [-0.1, -0.05) is 6.92 Å². The Bertz CT molecular complexity index is 995. The predicted molar refractivity (Wildman–Crippen MR) is 103 cm³/mol. The largest absolute Gasteiger partial charge is 0.382 e. The van der Waals surface area contributed by atoms with Crippen LogP contribution in [0.3, 0.4) is 0 Å². The van der Waals surface area contributed by atoms with Crippen molar-refractivity contribution in [1.29, 1.82) is 0 Å². The minimum Gasteiger partial charge on any atom is -0.382 e. The Morgan fingerprint density at radius 3 is 2.74 bits per heavy atom. The van der Waals surface area contributed by atoms with Crippen molar-refractivity contribution in [2.75, 3.05) is 5.32 Å². The fourth-order valence-electron chi connectivity index (χ4n) is 3.34. The third-order valence-corrected chi connectivity index (χ3v) is 4.96. The molecule has 0 aliphatic heterocycles. The van der Waals surface area contributed by atoms with Gasteiger partial charge >= 0.3 is 0 Å². The molecular weight excluding hydrogens is 345 g/mol. The average Bonchev–Trinajstić information content (AvgIpc) is 2.64. The van der Waals surface area contributed by atoms with Crippen molar-refractivity contribution in [2.45, 2.75) is 44.8 Å². The molecule has 1 aliphatic carbocycles. The van der Waals surface area contributed by atoms with E-state index in [1.54, 1.807) is 18.3 Å². The number of nitrogens with zero attached hydrogens (tertiary/aromatic N) is 2. The molecule has 2 aromatic heterocycles. The number of benzene rings is 1. The lowest BCUT2D eigenvalue weighted by Gasteiger charge is -2.37. The predicted octanol–water partition coefficient (Wildman–Crippen LogP) is 2.75. The van der Waals surface area contributed by atoms with Crippen molar-refractivity contribution < 1.29 is 4.39 Å². The SMILES string of the molecule is CCc1nc2ncc(CNC3CC(Nc4ccc(F)cc4)C3)cc2[nH]c1=O. The Kier molecular flexibility index (Phi) is 4.85. The van der Waals surface area contributed by atoms with E-state index in [2.05, 4.69) is 25.6 Å². The molecule has 0 amide bonds. The number of aromatic nitrogens is 3. The lowest BCUT2D eigenvalue weighted by molar-refractivity contribution is 0.307. The monoisotopic (exact) mass is 367 g/mol. The van der Waals surface area contributed by atoms with Crippen LogP contribution in [0.25, 0.3) is 11.2 Å². The van der Waals surface area contributed by atoms with Crippen molar-refractivity contribution in [2.24, 2.45) is 0 Å². The molecule has 3 aromatic rings. The van der Waals surface area contributed by atoms with Gasteiger partial charge in [0, 0.05) is 30.5 Å². The molecule has 3 N–H and O–H groups in total. The van der Waals surface area contributed by atoms with Gasteiger partial charge in [-0.25, -0.2) is 14.4 Å². The van der Waals surface area contributed by atoms with Crippen molar-refractivity contribution in [3.63, 3.8) is 0 Å². The van der Waals surface area contributed by atoms with Gasteiger partial charge in [0.1, 0.15) is 11.5 Å². The number of nitrogens with one attached hydrogen (secondary N) is 3. The second-order valence-electron chi connectivity index (χ2n) is 6.98. The Labute approximate surface area is 156 Å². The maximum Gasteiger partial charge on any atom is 0.270 e. The number of aryl methyl sites for hydroxylation is 1. The Hall–Kier alpha value is -2.80. The maximum absolute atomic E-state index is 12.9. The van der Waals surface area contributed by atoms with Gasteiger partial charge in [-0.2, -0.15) is 0 Å². The minimum absolute atomic E-state index is 0.148. The number of rotatable bonds is 6. The molecule has 6 nitrogen and oxygen atoms in total. The molecule has 0 saturated heterocycles. The highest BCUT2D eigenvalue weighted by atomic mass is 19.1. The van der Waals surface area contributed by atoms with Crippen molar-refractivity contribution in [3.05, 3.63) is 64.0 Å². The fourth-order valence-corrected chi connectivity index (χ4v) is 3.34. The van der Waals surface area contributed by atoms with Gasteiger partial charge in [0.05, 0.1) is 5.52 Å². The molecule has 7 heteroatoms. The normalized spacial score (nSPS) is 19.0. The molecule has 0 bridgehead atoms. The summed E-state index contributed by atoms with van der Waals surface area (Å²) in [6.45, 7) is 2.59. The molecule has 2 heterocycles. The van der Waals surface area contributed by atoms with E-state index in [0.717, 1.165) is 24.1 Å². The van der Waals surface area contributed by atoms with E-state index in [9.17, 15) is 9.18 Å². The van der Waals surface area contributed by atoms with Crippen LogP contribution in [-0.4, -0.2) is 27.0 Å². The summed E-state index contributed by atoms with van der Waals surface area (Å²) in [7, 11) is 0. The zero-order valence-electron chi connectivity index (χ0n) is 15.1. The summed E-state index contributed by atoms with van der Waals surface area (Å²) in [5.74, 6) is -0.222. The molecule has 1 aromatic carbocycles. The van der Waals surface area contributed by atoms with Crippen molar-refractivity contribution in [1.82, 2.24) is 20.3 Å². The highest BCUT2D eigenvalue weighted by Gasteiger charge is 2.28. The summed E-state index contributed by atoms with van der Waals surface area (Å²) in [6, 6.07) is 9.20. The van der Waals surface area contributed by atoms with Gasteiger partial charge in [-0.15, -0.1) is 0 Å². The third kappa shape index (κ3) is 3.98. The molecular formula is C20H22FN5O. The standard InChI is InChI=1S/C20H22FN5O/c1-2-17-20(27)26-18-7-12(11-23-19(18)25-17)10-22-15-8-16(9-15)24-14-5-3-13(21)4-6-14/h3-7,11,15-16,22,24H,2,8-10H2,1H3,(H,26,27). The molecule has 27 heavy (non-hydrogen) atoms. The molecule has 0 radical (unpaired) electrons. The molecule has 4 rings (SSSR count). The van der Waals surface area contributed by atoms with Crippen LogP contribution in [0, 0.1) is 5.82 Å². The zero-order valence-corrected chi connectivity index (χ0v) is 15.1. The Morgan fingerprint density at radius 2 is 2.00 bits per heavy atom. The number of anilines is 1. The van der Waals surface area contributed by atoms with E-state index < -0.39 is 0 Å². The van der Waals surface area contributed by atoms with E-state index in [1.165, 1.54) is 12.1 Å². The number of hydrogen-bond donors (Lipinski definition) is 3. The van der Waals surface area contributed by atoms with Crippen LogP contribution in [0.1, 0.15) is 31.0 Å². The number of H-pyrrole nitrogens is 1. The number of halogens is 1. The molecule has 1 saturated carbocycles. The van der Waals surface area contributed by atoms with E-state index in [4.69, 9.17) is 0 Å². The van der Waals surface area contributed by atoms with Crippen LogP contribution in [0.15, 0.2) is 41.3 Å². The van der Waals surface area contributed by atoms with Gasteiger partial charge in [0.2, 0.25) is 0 Å². The summed E-state index contributed by atoms with van der Waals surface area (Å²) >= 11 is 0. The third-order valence-electron chi connectivity index (χ3n) is 4.96. The lowest BCUT2D eigenvalue weighted by atomic mass is 9.86. The van der Waals surface area contributed by atoms with Crippen molar-refractivity contribution >= 4 is 16.9 Å². The minimum atomic E-state index is -0.222. The van der Waals surface area contributed by atoms with Gasteiger partial charge in [-0.3, -0.25) is 4.79 Å². The van der Waals surface area contributed by atoms with Crippen LogP contribution < -0.4 is 16.2 Å². The first-order valence-electron chi connectivity index (χ1n) is 9.24. The lowest BCUT2D eigenvalue weighted by Crippen LogP contribution is -2.47. The quantitative estimate of drug-likeness (QED) is 0.624. The van der Waals surface area contributed by atoms with Gasteiger partial charge < -0.3 is 15.6 Å². The van der Waals surface area contributed by atoms with Gasteiger partial charge in [-0.05, 0) is 55.2 Å². The highest BCUT2D eigenvalue weighted by Crippen LogP contribution is 2.24. The van der Waals surface area contributed by atoms with E-state index in [-0.39, 0.29) is 11.4 Å². The molecule has 140 valence electrons. The first-order valence-corrected chi connectivity index (χ1v) is 9.24. The zero-order chi connectivity index (χ0) is 18.8. The molecule has 0 atom stereocenters. The number of hydrogen-bond acceptors (Lipinski definition) is 5. The molecule has 0 unspecified atom stereocenters. The van der Waals surface area contributed by atoms with Gasteiger partial charge in [0.25, 0.3) is 5.56 Å². The van der Waals surface area contributed by atoms with E-state index >= 15 is 0 Å². The second kappa shape index (κ2) is 7.44. The molecule has 1 fully saturated rings. The van der Waals surface area contributed by atoms with Crippen LogP contribution >= 0.6 is 0 Å². The summed E-state index contributed by atoms with van der Waals surface area (Å²) in [4.78, 5) is 23.4. The number of pyridine rings is 1. The Balaban J connectivity index is 1.31. The topological polar surface area (TPSA) is 82.7 Å². The summed E-state index contributed by atoms with van der Waals surface area (Å²) in [5.41, 5.74) is 3.56. The van der Waals surface area contributed by atoms with E-state index in [0.29, 0.717) is 41.9 Å². The van der Waals surface area contributed by atoms with Crippen LogP contribution in [0.5, 0.6) is 0 Å². The summed E-state index contributed by atoms with van der Waals surface area (Å²) in [5, 5.41) is 6.92. The first kappa shape index (κ1) is 17.6. The summed E-state index contributed by atoms with van der Waals surface area (Å²) in [6.07, 6.45) is 4.41. The summed E-state index contributed by atoms with van der Waals surface area (Å²) < 4.78 is 12.9. The maximum atomic E-state index is 12.9. The number of fused-ring (bicyclic) bond motifs is 1. The Morgan fingerprint density at radius 1 is 1.22 bits per heavy atom. The van der Waals surface area contributed by atoms with Gasteiger partial charge in [0.15, 0.2) is 5.65 Å². The second-order valence-corrected chi connectivity index (χ2v) is 6.98. The fraction of sp³-hybridized carbons (Fsp3) is 0.350. The first-order chi connectivity index (χ1) is 13.1. The molecule has 1 aliphatic rings. The average molecular weight is 367 g/mol. The van der Waals surface area contributed by atoms with Crippen molar-refractivity contribution in [3.8, 4) is 0 Å². The highest BCUT2D eigenvalue weighted by molar-refractivity contribution is 5.69. The van der Waals surface area contributed by atoms with E-state index in [1.807, 2.05) is 13.0 Å². The number of aromatic amines is 1. The van der Waals surface area contributed by atoms with Crippen LogP contribution in [0.4, 0.5) is 10.1 Å².